The maximum atomic E-state index is 12.2. The molecule has 0 saturated carbocycles. The molecule has 7 heteroatoms. The lowest BCUT2D eigenvalue weighted by molar-refractivity contribution is 0.0303. The Kier molecular flexibility index (Phi) is 5.49. The lowest BCUT2D eigenvalue weighted by Gasteiger charge is -2.24. The molecule has 1 atom stereocenters. The third-order valence-corrected chi connectivity index (χ3v) is 3.89. The van der Waals surface area contributed by atoms with Crippen LogP contribution in [0.2, 0.25) is 0 Å². The maximum absolute atomic E-state index is 12.2. The fraction of sp³-hybridized carbons (Fsp3) is 0.143. The average molecular weight is 409 g/mol. The van der Waals surface area contributed by atoms with E-state index in [4.69, 9.17) is 39.5 Å². The zero-order valence-electron chi connectivity index (χ0n) is 10.5. The molecule has 110 valence electrons. The van der Waals surface area contributed by atoms with Gasteiger partial charge in [0.05, 0.1) is 5.56 Å². The summed E-state index contributed by atoms with van der Waals surface area (Å²) in [6, 6.07) is 10.2. The summed E-state index contributed by atoms with van der Waals surface area (Å²) < 4.78 is 4.16. The lowest BCUT2D eigenvalue weighted by Crippen LogP contribution is -2.24. The molecule has 0 bridgehead atoms. The van der Waals surface area contributed by atoms with Crippen molar-refractivity contribution in [1.29, 1.82) is 0 Å². The van der Waals surface area contributed by atoms with Crippen LogP contribution in [0.3, 0.4) is 0 Å². The van der Waals surface area contributed by atoms with E-state index in [1.54, 1.807) is 42.6 Å². The van der Waals surface area contributed by atoms with Gasteiger partial charge in [0.25, 0.3) is 0 Å². The van der Waals surface area contributed by atoms with Gasteiger partial charge in [0, 0.05) is 22.4 Å². The van der Waals surface area contributed by atoms with E-state index in [2.05, 4.69) is 20.9 Å². The van der Waals surface area contributed by atoms with Crippen LogP contribution in [0.5, 0.6) is 0 Å². The van der Waals surface area contributed by atoms with E-state index < -0.39 is 15.9 Å². The highest BCUT2D eigenvalue weighted by Gasteiger charge is 2.38. The summed E-state index contributed by atoms with van der Waals surface area (Å²) in [5, 5.41) is 0. The second-order valence-electron chi connectivity index (χ2n) is 4.09. The van der Waals surface area contributed by atoms with Gasteiger partial charge in [-0.05, 0) is 34.1 Å². The number of esters is 1. The van der Waals surface area contributed by atoms with Gasteiger partial charge in [0.15, 0.2) is 6.10 Å². The van der Waals surface area contributed by atoms with Crippen LogP contribution < -0.4 is 0 Å². The molecule has 1 heterocycles. The topological polar surface area (TPSA) is 39.2 Å². The quantitative estimate of drug-likeness (QED) is 0.522. The Bertz CT molecular complexity index is 632. The van der Waals surface area contributed by atoms with Crippen molar-refractivity contribution < 1.29 is 9.53 Å². The van der Waals surface area contributed by atoms with E-state index in [-0.39, 0.29) is 0 Å². The van der Waals surface area contributed by atoms with Crippen LogP contribution in [-0.4, -0.2) is 14.7 Å². The first kappa shape index (κ1) is 16.6. The molecule has 2 aromatic rings. The molecule has 0 spiro atoms. The first-order chi connectivity index (χ1) is 9.89. The van der Waals surface area contributed by atoms with Gasteiger partial charge in [0.1, 0.15) is 0 Å². The number of carbonyl (C=O) groups is 1. The maximum Gasteiger partial charge on any atom is 0.340 e. The van der Waals surface area contributed by atoms with Crippen molar-refractivity contribution >= 4 is 56.7 Å². The SMILES string of the molecule is O=C(OC(c1cccnc1)C(Cl)(Cl)Cl)c1ccccc1Br. The standard InChI is InChI=1S/C14H9BrCl3NO2/c15-11-6-2-1-5-10(11)13(20)21-12(14(16,17)18)9-4-3-7-19-8-9/h1-8,12H. The number of benzene rings is 1. The van der Waals surface area contributed by atoms with Crippen LogP contribution in [0.25, 0.3) is 0 Å². The van der Waals surface area contributed by atoms with E-state index in [0.717, 1.165) is 0 Å². The Hall–Kier alpha value is -0.810. The Labute approximate surface area is 145 Å². The minimum Gasteiger partial charge on any atom is -0.449 e. The molecule has 1 aromatic carbocycles. The van der Waals surface area contributed by atoms with Gasteiger partial charge in [-0.1, -0.05) is 53.0 Å². The number of ether oxygens (including phenoxy) is 1. The lowest BCUT2D eigenvalue weighted by atomic mass is 10.2. The molecule has 0 amide bonds. The normalized spacial score (nSPS) is 12.8. The van der Waals surface area contributed by atoms with Crippen LogP contribution >= 0.6 is 50.7 Å². The number of rotatable bonds is 3. The fourth-order valence-corrected chi connectivity index (χ4v) is 2.61. The summed E-state index contributed by atoms with van der Waals surface area (Å²) in [5.41, 5.74) is 0.846. The number of hydrogen-bond acceptors (Lipinski definition) is 3. The zero-order chi connectivity index (χ0) is 15.5. The smallest absolute Gasteiger partial charge is 0.340 e. The Morgan fingerprint density at radius 2 is 1.90 bits per heavy atom. The highest BCUT2D eigenvalue weighted by atomic mass is 79.9. The molecule has 21 heavy (non-hydrogen) atoms. The molecule has 0 saturated heterocycles. The minimum atomic E-state index is -1.81. The summed E-state index contributed by atoms with van der Waals surface area (Å²) in [6.45, 7) is 0. The molecular weight excluding hydrogens is 400 g/mol. The van der Waals surface area contributed by atoms with Gasteiger partial charge in [-0.15, -0.1) is 0 Å². The summed E-state index contributed by atoms with van der Waals surface area (Å²) >= 11 is 21.0. The second kappa shape index (κ2) is 6.97. The van der Waals surface area contributed by atoms with Gasteiger partial charge in [-0.25, -0.2) is 4.79 Å². The molecule has 0 aliphatic rings. The van der Waals surface area contributed by atoms with Crippen LogP contribution in [0.1, 0.15) is 22.0 Å². The molecule has 2 rings (SSSR count). The van der Waals surface area contributed by atoms with Gasteiger partial charge in [-0.3, -0.25) is 4.98 Å². The predicted octanol–water partition coefficient (Wildman–Crippen LogP) is 5.11. The number of carbonyl (C=O) groups excluding carboxylic acids is 1. The predicted molar refractivity (Wildman–Crippen MR) is 86.8 cm³/mol. The number of hydrogen-bond donors (Lipinski definition) is 0. The first-order valence-corrected chi connectivity index (χ1v) is 7.74. The highest BCUT2D eigenvalue weighted by molar-refractivity contribution is 9.10. The summed E-state index contributed by atoms with van der Waals surface area (Å²) in [7, 11) is 0. The van der Waals surface area contributed by atoms with Crippen molar-refractivity contribution in [2.45, 2.75) is 9.90 Å². The Morgan fingerprint density at radius 3 is 2.48 bits per heavy atom. The van der Waals surface area contributed by atoms with Crippen molar-refractivity contribution in [3.05, 3.63) is 64.4 Å². The molecule has 0 N–H and O–H groups in total. The van der Waals surface area contributed by atoms with Gasteiger partial charge in [-0.2, -0.15) is 0 Å². The summed E-state index contributed by atoms with van der Waals surface area (Å²) in [6.07, 6.45) is 2.00. The molecule has 0 radical (unpaired) electrons. The van der Waals surface area contributed by atoms with Crippen molar-refractivity contribution in [3.63, 3.8) is 0 Å². The molecule has 3 nitrogen and oxygen atoms in total. The Morgan fingerprint density at radius 1 is 1.19 bits per heavy atom. The number of nitrogens with zero attached hydrogens (tertiary/aromatic N) is 1. The highest BCUT2D eigenvalue weighted by Crippen LogP contribution is 2.42. The fourth-order valence-electron chi connectivity index (χ4n) is 1.65. The molecule has 1 aromatic heterocycles. The summed E-state index contributed by atoms with van der Waals surface area (Å²) in [5.74, 6) is -0.595. The first-order valence-electron chi connectivity index (χ1n) is 5.81. The van der Waals surface area contributed by atoms with E-state index in [9.17, 15) is 4.79 Å². The zero-order valence-corrected chi connectivity index (χ0v) is 14.3. The molecular formula is C14H9BrCl3NO2. The van der Waals surface area contributed by atoms with E-state index >= 15 is 0 Å². The van der Waals surface area contributed by atoms with Crippen LogP contribution in [-0.2, 0) is 4.74 Å². The molecule has 0 fully saturated rings. The largest absolute Gasteiger partial charge is 0.449 e. The minimum absolute atomic E-state index is 0.348. The Balaban J connectivity index is 2.29. The second-order valence-corrected chi connectivity index (χ2v) is 7.32. The van der Waals surface area contributed by atoms with Gasteiger partial charge < -0.3 is 4.74 Å². The number of halogens is 4. The van der Waals surface area contributed by atoms with Crippen LogP contribution in [0.4, 0.5) is 0 Å². The molecule has 1 unspecified atom stereocenters. The number of alkyl halides is 3. The van der Waals surface area contributed by atoms with Crippen molar-refractivity contribution in [2.24, 2.45) is 0 Å². The number of aromatic nitrogens is 1. The van der Waals surface area contributed by atoms with Gasteiger partial charge >= 0.3 is 5.97 Å². The third-order valence-electron chi connectivity index (χ3n) is 2.60. The monoisotopic (exact) mass is 407 g/mol. The molecule has 0 aliphatic heterocycles. The van der Waals surface area contributed by atoms with Gasteiger partial charge in [0.2, 0.25) is 3.79 Å². The third kappa shape index (κ3) is 4.33. The van der Waals surface area contributed by atoms with E-state index in [1.165, 1.54) is 6.20 Å². The van der Waals surface area contributed by atoms with Crippen molar-refractivity contribution in [3.8, 4) is 0 Å². The van der Waals surface area contributed by atoms with Crippen molar-refractivity contribution in [1.82, 2.24) is 4.98 Å². The van der Waals surface area contributed by atoms with Crippen molar-refractivity contribution in [2.75, 3.05) is 0 Å². The van der Waals surface area contributed by atoms with E-state index in [0.29, 0.717) is 15.6 Å². The van der Waals surface area contributed by atoms with Crippen LogP contribution in [0, 0.1) is 0 Å². The van der Waals surface area contributed by atoms with E-state index in [1.807, 2.05) is 0 Å². The summed E-state index contributed by atoms with van der Waals surface area (Å²) in [4.78, 5) is 16.2. The number of pyridine rings is 1. The van der Waals surface area contributed by atoms with Crippen LogP contribution in [0.15, 0.2) is 53.3 Å². The average Bonchev–Trinajstić information content (AvgIpc) is 2.44. The molecule has 0 aliphatic carbocycles.